The van der Waals surface area contributed by atoms with Crippen LogP contribution < -0.4 is 5.32 Å². The molecular weight excluding hydrogens is 452 g/mol. The predicted octanol–water partition coefficient (Wildman–Crippen LogP) is 4.43. The van der Waals surface area contributed by atoms with Crippen LogP contribution >= 0.6 is 11.6 Å². The molecule has 0 aromatic heterocycles. The van der Waals surface area contributed by atoms with Crippen LogP contribution in [-0.2, 0) is 24.3 Å². The second-order valence-corrected chi connectivity index (χ2v) is 9.71. The second-order valence-electron chi connectivity index (χ2n) is 7.37. The number of esters is 1. The second kappa shape index (κ2) is 11.4. The summed E-state index contributed by atoms with van der Waals surface area (Å²) >= 11 is 6.15. The highest BCUT2D eigenvalue weighted by Crippen LogP contribution is 2.27. The van der Waals surface area contributed by atoms with Gasteiger partial charge in [0.1, 0.15) is 0 Å². The zero-order valence-corrected chi connectivity index (χ0v) is 20.2. The van der Waals surface area contributed by atoms with Gasteiger partial charge in [0.2, 0.25) is 10.0 Å². The molecule has 0 saturated carbocycles. The molecule has 0 heterocycles. The first kappa shape index (κ1) is 25.8. The van der Waals surface area contributed by atoms with E-state index in [4.69, 9.17) is 16.3 Å². The van der Waals surface area contributed by atoms with Gasteiger partial charge in [-0.3, -0.25) is 9.59 Å². The topological polar surface area (TPSA) is 92.8 Å². The average Bonchev–Trinajstić information content (AvgIpc) is 2.76. The number of nitrogens with zero attached hydrogens (tertiary/aromatic N) is 1. The van der Waals surface area contributed by atoms with Crippen molar-refractivity contribution in [3.8, 4) is 0 Å². The quantitative estimate of drug-likeness (QED) is 0.507. The highest BCUT2D eigenvalue weighted by atomic mass is 35.5. The lowest BCUT2D eigenvalue weighted by Gasteiger charge is -2.20. The summed E-state index contributed by atoms with van der Waals surface area (Å²) in [6.07, 6.45) is -0.954. The van der Waals surface area contributed by atoms with E-state index in [9.17, 15) is 18.0 Å². The fourth-order valence-corrected chi connectivity index (χ4v) is 4.81. The van der Waals surface area contributed by atoms with Crippen LogP contribution in [0.15, 0.2) is 53.4 Å². The summed E-state index contributed by atoms with van der Waals surface area (Å²) in [4.78, 5) is 24.8. The molecule has 0 aliphatic rings. The van der Waals surface area contributed by atoms with Crippen molar-refractivity contribution in [3.63, 3.8) is 0 Å². The molecule has 2 aromatic rings. The summed E-state index contributed by atoms with van der Waals surface area (Å²) in [7, 11) is -3.72. The van der Waals surface area contributed by atoms with E-state index in [-0.39, 0.29) is 27.9 Å². The normalized spacial score (nSPS) is 13.4. The Morgan fingerprint density at radius 2 is 1.69 bits per heavy atom. The van der Waals surface area contributed by atoms with Gasteiger partial charge in [0.05, 0.1) is 22.0 Å². The molecule has 32 heavy (non-hydrogen) atoms. The Balaban J connectivity index is 2.06. The van der Waals surface area contributed by atoms with Crippen molar-refractivity contribution in [1.82, 2.24) is 4.31 Å². The molecular formula is C23H29ClN2O5S. The van der Waals surface area contributed by atoms with E-state index in [0.717, 1.165) is 5.56 Å². The number of nitrogens with one attached hydrogen (secondary N) is 1. The molecule has 0 spiro atoms. The molecule has 2 unspecified atom stereocenters. The molecule has 2 atom stereocenters. The number of halogens is 1. The van der Waals surface area contributed by atoms with Gasteiger partial charge in [-0.1, -0.05) is 62.7 Å². The summed E-state index contributed by atoms with van der Waals surface area (Å²) < 4.78 is 32.1. The van der Waals surface area contributed by atoms with Crippen molar-refractivity contribution in [1.29, 1.82) is 0 Å². The Kier molecular flexibility index (Phi) is 9.24. The number of carbonyl (C=O) groups is 2. The number of hydrogen-bond acceptors (Lipinski definition) is 5. The van der Waals surface area contributed by atoms with Gasteiger partial charge < -0.3 is 10.1 Å². The summed E-state index contributed by atoms with van der Waals surface area (Å²) in [6.45, 7) is 7.48. The standard InChI is InChI=1S/C23H29ClN2O5S/c1-5-26(6-2)32(29,30)19-12-13-20(24)21(15-19)25-23(28)17(4)31-22(27)14-16(3)18-10-8-7-9-11-18/h7-13,15-17H,5-6,14H2,1-4H3,(H,25,28). The van der Waals surface area contributed by atoms with Gasteiger partial charge in [-0.05, 0) is 36.6 Å². The highest BCUT2D eigenvalue weighted by Gasteiger charge is 2.24. The van der Waals surface area contributed by atoms with Gasteiger partial charge in [0, 0.05) is 13.1 Å². The Bertz CT molecular complexity index is 1040. The number of rotatable bonds is 10. The maximum absolute atomic E-state index is 12.7. The smallest absolute Gasteiger partial charge is 0.307 e. The van der Waals surface area contributed by atoms with Crippen LogP contribution in [0.4, 0.5) is 5.69 Å². The van der Waals surface area contributed by atoms with Crippen LogP contribution in [0.25, 0.3) is 0 Å². The molecule has 0 bridgehead atoms. The molecule has 0 aliphatic heterocycles. The molecule has 2 rings (SSSR count). The molecule has 0 saturated heterocycles. The van der Waals surface area contributed by atoms with E-state index in [0.29, 0.717) is 13.1 Å². The third-order valence-electron chi connectivity index (χ3n) is 5.06. The van der Waals surface area contributed by atoms with Crippen molar-refractivity contribution in [2.24, 2.45) is 0 Å². The van der Waals surface area contributed by atoms with Crippen molar-refractivity contribution >= 4 is 39.2 Å². The molecule has 1 amide bonds. The number of ether oxygens (including phenoxy) is 1. The van der Waals surface area contributed by atoms with Crippen LogP contribution in [0.2, 0.25) is 5.02 Å². The Morgan fingerprint density at radius 1 is 1.06 bits per heavy atom. The fraction of sp³-hybridized carbons (Fsp3) is 0.391. The minimum atomic E-state index is -3.72. The third kappa shape index (κ3) is 6.54. The van der Waals surface area contributed by atoms with Crippen molar-refractivity contribution < 1.29 is 22.7 Å². The summed E-state index contributed by atoms with van der Waals surface area (Å²) in [5, 5.41) is 2.73. The Labute approximate surface area is 194 Å². The van der Waals surface area contributed by atoms with Gasteiger partial charge >= 0.3 is 5.97 Å². The van der Waals surface area contributed by atoms with E-state index >= 15 is 0 Å². The van der Waals surface area contributed by atoms with Gasteiger partial charge in [0.15, 0.2) is 6.10 Å². The minimum Gasteiger partial charge on any atom is -0.453 e. The first-order chi connectivity index (χ1) is 15.1. The van der Waals surface area contributed by atoms with E-state index in [1.165, 1.54) is 29.4 Å². The van der Waals surface area contributed by atoms with Crippen LogP contribution in [0, 0.1) is 0 Å². The molecule has 9 heteroatoms. The minimum absolute atomic E-state index is 0.0160. The maximum Gasteiger partial charge on any atom is 0.307 e. The van der Waals surface area contributed by atoms with Crippen LogP contribution in [-0.4, -0.2) is 43.8 Å². The number of benzene rings is 2. The van der Waals surface area contributed by atoms with Gasteiger partial charge in [-0.15, -0.1) is 0 Å². The highest BCUT2D eigenvalue weighted by molar-refractivity contribution is 7.89. The van der Waals surface area contributed by atoms with Crippen LogP contribution in [0.5, 0.6) is 0 Å². The number of anilines is 1. The Hall–Kier alpha value is -2.42. The first-order valence-corrected chi connectivity index (χ1v) is 12.3. The van der Waals surface area contributed by atoms with Crippen LogP contribution in [0.3, 0.4) is 0 Å². The van der Waals surface area contributed by atoms with E-state index in [1.807, 2.05) is 37.3 Å². The van der Waals surface area contributed by atoms with E-state index < -0.39 is 28.0 Å². The summed E-state index contributed by atoms with van der Waals surface area (Å²) in [6, 6.07) is 13.6. The molecule has 0 aliphatic carbocycles. The first-order valence-electron chi connectivity index (χ1n) is 10.4. The Morgan fingerprint density at radius 3 is 2.28 bits per heavy atom. The van der Waals surface area contributed by atoms with E-state index in [2.05, 4.69) is 5.32 Å². The lowest BCUT2D eigenvalue weighted by molar-refractivity contribution is -0.153. The number of amides is 1. The summed E-state index contributed by atoms with van der Waals surface area (Å²) in [5.74, 6) is -1.17. The van der Waals surface area contributed by atoms with Crippen LogP contribution in [0.1, 0.15) is 45.6 Å². The predicted molar refractivity (Wildman–Crippen MR) is 125 cm³/mol. The van der Waals surface area contributed by atoms with E-state index in [1.54, 1.807) is 13.8 Å². The average molecular weight is 481 g/mol. The van der Waals surface area contributed by atoms with Crippen molar-refractivity contribution in [2.45, 2.75) is 51.0 Å². The van der Waals surface area contributed by atoms with Gasteiger partial charge in [-0.25, -0.2) is 8.42 Å². The van der Waals surface area contributed by atoms with Gasteiger partial charge in [0.25, 0.3) is 5.91 Å². The molecule has 0 radical (unpaired) electrons. The molecule has 2 aromatic carbocycles. The molecule has 0 fully saturated rings. The van der Waals surface area contributed by atoms with Gasteiger partial charge in [-0.2, -0.15) is 4.31 Å². The maximum atomic E-state index is 12.7. The van der Waals surface area contributed by atoms with Crippen molar-refractivity contribution in [3.05, 3.63) is 59.1 Å². The SMILES string of the molecule is CCN(CC)S(=O)(=O)c1ccc(Cl)c(NC(=O)C(C)OC(=O)CC(C)c2ccccc2)c1. The number of sulfonamides is 1. The summed E-state index contributed by atoms with van der Waals surface area (Å²) in [5.41, 5.74) is 1.13. The molecule has 7 nitrogen and oxygen atoms in total. The molecule has 174 valence electrons. The number of carbonyl (C=O) groups excluding carboxylic acids is 2. The lowest BCUT2D eigenvalue weighted by atomic mass is 9.98. The fourth-order valence-electron chi connectivity index (χ4n) is 3.16. The third-order valence-corrected chi connectivity index (χ3v) is 7.43. The lowest BCUT2D eigenvalue weighted by Crippen LogP contribution is -2.31. The van der Waals surface area contributed by atoms with Crippen molar-refractivity contribution in [2.75, 3.05) is 18.4 Å². The zero-order chi connectivity index (χ0) is 23.9. The monoisotopic (exact) mass is 480 g/mol. The zero-order valence-electron chi connectivity index (χ0n) is 18.7. The largest absolute Gasteiger partial charge is 0.453 e. The number of hydrogen-bond donors (Lipinski definition) is 1. The molecule has 1 N–H and O–H groups in total.